The summed E-state index contributed by atoms with van der Waals surface area (Å²) in [4.78, 5) is 4.40. The maximum Gasteiger partial charge on any atom is 0.135 e. The Morgan fingerprint density at radius 3 is 2.82 bits per heavy atom. The molecular weight excluding hydrogens is 302 g/mol. The summed E-state index contributed by atoms with van der Waals surface area (Å²) < 4.78 is 18.8. The molecule has 0 aliphatic heterocycles. The zero-order valence-corrected chi connectivity index (χ0v) is 12.8. The number of methoxy groups -OCH3 is 2. The first kappa shape index (κ1) is 14.3. The first-order chi connectivity index (χ1) is 10.7. The molecule has 0 aliphatic rings. The van der Waals surface area contributed by atoms with Crippen molar-refractivity contribution in [2.24, 2.45) is 4.99 Å². The Morgan fingerprint density at radius 2 is 2.05 bits per heavy atom. The fourth-order valence-electron chi connectivity index (χ4n) is 2.03. The van der Waals surface area contributed by atoms with Crippen LogP contribution in [0.4, 0.5) is 5.69 Å². The second kappa shape index (κ2) is 5.98. The van der Waals surface area contributed by atoms with Crippen LogP contribution in [0.15, 0.2) is 35.3 Å². The first-order valence-electron chi connectivity index (χ1n) is 6.43. The zero-order chi connectivity index (χ0) is 15.5. The van der Waals surface area contributed by atoms with E-state index in [1.165, 1.54) is 20.3 Å². The predicted octanol–water partition coefficient (Wildman–Crippen LogP) is 3.16. The summed E-state index contributed by atoms with van der Waals surface area (Å²) in [7, 11) is 3.05. The Hall–Kier alpha value is -2.67. The highest BCUT2D eigenvalue weighted by Gasteiger charge is 2.10. The molecule has 1 aromatic heterocycles. The van der Waals surface area contributed by atoms with E-state index < -0.39 is 0 Å². The van der Waals surface area contributed by atoms with Gasteiger partial charge >= 0.3 is 0 Å². The third-order valence-electron chi connectivity index (χ3n) is 3.15. The Labute approximate surface area is 131 Å². The monoisotopic (exact) mass is 315 g/mol. The highest BCUT2D eigenvalue weighted by Crippen LogP contribution is 2.32. The van der Waals surface area contributed by atoms with E-state index in [4.69, 9.17) is 9.47 Å². The number of nitrogens with zero attached hydrogens (tertiary/aromatic N) is 3. The summed E-state index contributed by atoms with van der Waals surface area (Å²) in [5, 5.41) is 10.1. The minimum atomic E-state index is 0.0310. The quantitative estimate of drug-likeness (QED) is 0.748. The molecule has 2 aromatic carbocycles. The number of ether oxygens (including phenoxy) is 2. The minimum Gasteiger partial charge on any atom is -0.507 e. The lowest BCUT2D eigenvalue weighted by Crippen LogP contribution is -1.93. The number of phenolic OH excluding ortho intramolecular Hbond substituents is 1. The highest BCUT2D eigenvalue weighted by molar-refractivity contribution is 7.00. The Kier molecular flexibility index (Phi) is 3.88. The number of benzene rings is 2. The fourth-order valence-corrected chi connectivity index (χ4v) is 2.58. The lowest BCUT2D eigenvalue weighted by atomic mass is 10.1. The second-order valence-electron chi connectivity index (χ2n) is 4.43. The zero-order valence-electron chi connectivity index (χ0n) is 12.0. The third kappa shape index (κ3) is 2.58. The molecule has 1 N–H and O–H groups in total. The Bertz CT molecular complexity index is 845. The van der Waals surface area contributed by atoms with E-state index in [1.54, 1.807) is 12.3 Å². The van der Waals surface area contributed by atoms with Crippen molar-refractivity contribution in [3.8, 4) is 17.2 Å². The smallest absolute Gasteiger partial charge is 0.135 e. The van der Waals surface area contributed by atoms with Crippen LogP contribution in [0.25, 0.3) is 11.0 Å². The van der Waals surface area contributed by atoms with Crippen LogP contribution in [0, 0.1) is 0 Å². The van der Waals surface area contributed by atoms with Crippen molar-refractivity contribution in [2.75, 3.05) is 14.2 Å². The molecule has 0 bridgehead atoms. The molecule has 0 unspecified atom stereocenters. The van der Waals surface area contributed by atoms with Crippen LogP contribution in [0.1, 0.15) is 5.56 Å². The first-order valence-corrected chi connectivity index (χ1v) is 7.16. The summed E-state index contributed by atoms with van der Waals surface area (Å²) in [5.41, 5.74) is 2.69. The fraction of sp³-hybridized carbons (Fsp3) is 0.133. The van der Waals surface area contributed by atoms with Gasteiger partial charge in [-0.3, -0.25) is 4.99 Å². The van der Waals surface area contributed by atoms with E-state index in [1.807, 2.05) is 18.2 Å². The SMILES string of the molecule is COc1cc(O)c(C=Nc2cccc3nsnc23)c(OC)c1. The molecule has 0 radical (unpaired) electrons. The summed E-state index contributed by atoms with van der Waals surface area (Å²) >= 11 is 1.14. The number of aromatic hydroxyl groups is 1. The van der Waals surface area contributed by atoms with Crippen molar-refractivity contribution in [3.63, 3.8) is 0 Å². The average molecular weight is 315 g/mol. The maximum atomic E-state index is 10.1. The van der Waals surface area contributed by atoms with Gasteiger partial charge in [0.15, 0.2) is 0 Å². The van der Waals surface area contributed by atoms with Crippen molar-refractivity contribution >= 4 is 34.7 Å². The van der Waals surface area contributed by atoms with E-state index in [0.717, 1.165) is 22.8 Å². The van der Waals surface area contributed by atoms with Gasteiger partial charge in [0, 0.05) is 18.3 Å². The van der Waals surface area contributed by atoms with E-state index in [0.29, 0.717) is 22.7 Å². The molecule has 0 amide bonds. The summed E-state index contributed by atoms with van der Waals surface area (Å²) in [5.74, 6) is 1.02. The van der Waals surface area contributed by atoms with Gasteiger partial charge in [-0.2, -0.15) is 8.75 Å². The predicted molar refractivity (Wildman–Crippen MR) is 85.9 cm³/mol. The van der Waals surface area contributed by atoms with Crippen molar-refractivity contribution in [1.29, 1.82) is 0 Å². The summed E-state index contributed by atoms with van der Waals surface area (Å²) in [6.07, 6.45) is 1.54. The standard InChI is InChI=1S/C15H13N3O3S/c1-20-9-6-13(19)10(14(7-9)21-2)8-16-11-4-3-5-12-15(11)18-22-17-12/h3-8,19H,1-2H3. The molecular formula is C15H13N3O3S. The molecule has 3 aromatic rings. The lowest BCUT2D eigenvalue weighted by Gasteiger charge is -2.09. The van der Waals surface area contributed by atoms with Gasteiger partial charge in [-0.15, -0.1) is 0 Å². The van der Waals surface area contributed by atoms with Crippen LogP contribution >= 0.6 is 11.7 Å². The number of hydrogen-bond acceptors (Lipinski definition) is 7. The molecule has 6 nitrogen and oxygen atoms in total. The summed E-state index contributed by atoms with van der Waals surface area (Å²) in [6, 6.07) is 8.78. The number of phenols is 1. The number of aromatic nitrogens is 2. The van der Waals surface area contributed by atoms with E-state index >= 15 is 0 Å². The number of aliphatic imine (C=N–C) groups is 1. The molecule has 0 saturated heterocycles. The second-order valence-corrected chi connectivity index (χ2v) is 4.96. The maximum absolute atomic E-state index is 10.1. The van der Waals surface area contributed by atoms with Crippen LogP contribution in [0.3, 0.4) is 0 Å². The minimum absolute atomic E-state index is 0.0310. The molecule has 0 atom stereocenters. The Morgan fingerprint density at radius 1 is 1.18 bits per heavy atom. The molecule has 7 heteroatoms. The molecule has 112 valence electrons. The van der Waals surface area contributed by atoms with Crippen LogP contribution in [0.2, 0.25) is 0 Å². The van der Waals surface area contributed by atoms with Crippen molar-refractivity contribution in [1.82, 2.24) is 8.75 Å². The summed E-state index contributed by atoms with van der Waals surface area (Å²) in [6.45, 7) is 0. The van der Waals surface area contributed by atoms with Crippen molar-refractivity contribution in [3.05, 3.63) is 35.9 Å². The average Bonchev–Trinajstić information content (AvgIpc) is 3.02. The van der Waals surface area contributed by atoms with Crippen LogP contribution in [-0.4, -0.2) is 34.3 Å². The van der Waals surface area contributed by atoms with Crippen molar-refractivity contribution < 1.29 is 14.6 Å². The molecule has 22 heavy (non-hydrogen) atoms. The number of hydrogen-bond donors (Lipinski definition) is 1. The van der Waals surface area contributed by atoms with Gasteiger partial charge in [-0.25, -0.2) is 0 Å². The molecule has 0 aliphatic carbocycles. The topological polar surface area (TPSA) is 76.8 Å². The van der Waals surface area contributed by atoms with Crippen LogP contribution < -0.4 is 9.47 Å². The molecule has 0 fully saturated rings. The number of fused-ring (bicyclic) bond motifs is 1. The molecule has 0 spiro atoms. The lowest BCUT2D eigenvalue weighted by molar-refractivity contribution is 0.384. The van der Waals surface area contributed by atoms with Gasteiger partial charge < -0.3 is 14.6 Å². The van der Waals surface area contributed by atoms with Gasteiger partial charge in [0.1, 0.15) is 28.3 Å². The van der Waals surface area contributed by atoms with Gasteiger partial charge in [0.2, 0.25) is 0 Å². The van der Waals surface area contributed by atoms with Gasteiger partial charge in [-0.1, -0.05) is 6.07 Å². The van der Waals surface area contributed by atoms with E-state index in [9.17, 15) is 5.11 Å². The molecule has 3 rings (SSSR count). The van der Waals surface area contributed by atoms with E-state index in [2.05, 4.69) is 13.7 Å². The van der Waals surface area contributed by atoms with Gasteiger partial charge in [0.25, 0.3) is 0 Å². The van der Waals surface area contributed by atoms with Crippen LogP contribution in [0.5, 0.6) is 17.2 Å². The van der Waals surface area contributed by atoms with Crippen LogP contribution in [-0.2, 0) is 0 Å². The highest BCUT2D eigenvalue weighted by atomic mass is 32.1. The largest absolute Gasteiger partial charge is 0.507 e. The molecule has 1 heterocycles. The van der Waals surface area contributed by atoms with Crippen molar-refractivity contribution in [2.45, 2.75) is 0 Å². The Balaban J connectivity index is 2.04. The van der Waals surface area contributed by atoms with Gasteiger partial charge in [-0.05, 0) is 12.1 Å². The number of rotatable bonds is 4. The van der Waals surface area contributed by atoms with Gasteiger partial charge in [0.05, 0.1) is 37.2 Å². The molecule has 0 saturated carbocycles. The normalized spacial score (nSPS) is 11.2. The third-order valence-corrected chi connectivity index (χ3v) is 3.69. The van der Waals surface area contributed by atoms with E-state index in [-0.39, 0.29) is 5.75 Å².